The molecule has 1 rings (SSSR count). The second-order valence-corrected chi connectivity index (χ2v) is 5.36. The van der Waals surface area contributed by atoms with Crippen LogP contribution in [-0.4, -0.2) is 43.5 Å². The molecule has 0 aliphatic carbocycles. The van der Waals surface area contributed by atoms with Crippen molar-refractivity contribution < 1.29 is 14.3 Å². The van der Waals surface area contributed by atoms with E-state index in [2.05, 4.69) is 5.32 Å². The molecule has 0 saturated carbocycles. The van der Waals surface area contributed by atoms with Gasteiger partial charge in [-0.1, -0.05) is 29.3 Å². The standard InChI is InChI=1S/C14H18Cl2N2O3/c1-4-21-12(20)8-18(3)7-11(19)17-14-10(15)6-5-9(2)13(14)16/h5-6H,4,7-8H2,1-3H3,(H,17,19). The van der Waals surface area contributed by atoms with E-state index in [-0.39, 0.29) is 25.0 Å². The van der Waals surface area contributed by atoms with Gasteiger partial charge in [0, 0.05) is 0 Å². The Morgan fingerprint density at radius 3 is 2.57 bits per heavy atom. The highest BCUT2D eigenvalue weighted by molar-refractivity contribution is 6.40. The molecule has 0 aromatic heterocycles. The highest BCUT2D eigenvalue weighted by atomic mass is 35.5. The monoisotopic (exact) mass is 332 g/mol. The molecule has 0 fully saturated rings. The summed E-state index contributed by atoms with van der Waals surface area (Å²) in [5, 5.41) is 3.43. The highest BCUT2D eigenvalue weighted by Crippen LogP contribution is 2.32. The van der Waals surface area contributed by atoms with Crippen LogP contribution in [0, 0.1) is 6.92 Å². The lowest BCUT2D eigenvalue weighted by molar-refractivity contribution is -0.144. The van der Waals surface area contributed by atoms with Gasteiger partial charge < -0.3 is 10.1 Å². The van der Waals surface area contributed by atoms with Gasteiger partial charge in [-0.25, -0.2) is 0 Å². The van der Waals surface area contributed by atoms with Crippen molar-refractivity contribution in [3.63, 3.8) is 0 Å². The summed E-state index contributed by atoms with van der Waals surface area (Å²) >= 11 is 12.1. The summed E-state index contributed by atoms with van der Waals surface area (Å²) < 4.78 is 4.81. The third-order valence-corrected chi connectivity index (χ3v) is 3.47. The van der Waals surface area contributed by atoms with Crippen LogP contribution in [0.25, 0.3) is 0 Å². The first kappa shape index (κ1) is 17.8. The second-order valence-electron chi connectivity index (χ2n) is 4.58. The Hall–Kier alpha value is -1.30. The molecule has 0 bridgehead atoms. The average Bonchev–Trinajstić information content (AvgIpc) is 2.39. The minimum atomic E-state index is -0.376. The van der Waals surface area contributed by atoms with Gasteiger partial charge in [0.2, 0.25) is 5.91 Å². The molecule has 1 aromatic rings. The molecule has 0 radical (unpaired) electrons. The summed E-state index contributed by atoms with van der Waals surface area (Å²) in [4.78, 5) is 24.8. The first-order chi connectivity index (χ1) is 9.85. The average molecular weight is 333 g/mol. The van der Waals surface area contributed by atoms with Crippen molar-refractivity contribution in [3.8, 4) is 0 Å². The Morgan fingerprint density at radius 1 is 1.29 bits per heavy atom. The maximum Gasteiger partial charge on any atom is 0.320 e. The van der Waals surface area contributed by atoms with Crippen LogP contribution in [0.15, 0.2) is 12.1 Å². The van der Waals surface area contributed by atoms with E-state index < -0.39 is 0 Å². The Labute approximate surface area is 134 Å². The molecule has 0 heterocycles. The molecule has 0 unspecified atom stereocenters. The number of carbonyl (C=O) groups is 2. The molecule has 5 nitrogen and oxygen atoms in total. The van der Waals surface area contributed by atoms with Crippen LogP contribution in [0.5, 0.6) is 0 Å². The van der Waals surface area contributed by atoms with Gasteiger partial charge in [-0.3, -0.25) is 14.5 Å². The van der Waals surface area contributed by atoms with Crippen molar-refractivity contribution in [2.45, 2.75) is 13.8 Å². The number of nitrogens with zero attached hydrogens (tertiary/aromatic N) is 1. The van der Waals surface area contributed by atoms with Crippen LogP contribution in [0.2, 0.25) is 10.0 Å². The van der Waals surface area contributed by atoms with Crippen LogP contribution < -0.4 is 5.32 Å². The number of ether oxygens (including phenoxy) is 1. The molecule has 0 aliphatic rings. The molecule has 1 amide bonds. The highest BCUT2D eigenvalue weighted by Gasteiger charge is 2.15. The third-order valence-electron chi connectivity index (χ3n) is 2.67. The predicted octanol–water partition coefficient (Wildman–Crippen LogP) is 2.74. The van der Waals surface area contributed by atoms with Crippen molar-refractivity contribution in [2.75, 3.05) is 32.1 Å². The van der Waals surface area contributed by atoms with E-state index in [1.165, 1.54) is 0 Å². The third kappa shape index (κ3) is 5.53. The molecular formula is C14H18Cl2N2O3. The quantitative estimate of drug-likeness (QED) is 0.814. The van der Waals surface area contributed by atoms with Crippen molar-refractivity contribution in [2.24, 2.45) is 0 Å². The molecule has 0 atom stereocenters. The van der Waals surface area contributed by atoms with E-state index in [0.717, 1.165) is 5.56 Å². The fourth-order valence-electron chi connectivity index (χ4n) is 1.68. The van der Waals surface area contributed by atoms with E-state index in [9.17, 15) is 9.59 Å². The SMILES string of the molecule is CCOC(=O)CN(C)CC(=O)Nc1c(Cl)ccc(C)c1Cl. The maximum atomic E-state index is 12.0. The summed E-state index contributed by atoms with van der Waals surface area (Å²) in [6.07, 6.45) is 0. The molecule has 116 valence electrons. The van der Waals surface area contributed by atoms with E-state index in [0.29, 0.717) is 22.3 Å². The van der Waals surface area contributed by atoms with Gasteiger partial charge in [0.05, 0.1) is 35.4 Å². The number of rotatable bonds is 6. The fourth-order valence-corrected chi connectivity index (χ4v) is 2.14. The van der Waals surface area contributed by atoms with Crippen LogP contribution >= 0.6 is 23.2 Å². The van der Waals surface area contributed by atoms with Crippen molar-refractivity contribution in [3.05, 3.63) is 27.7 Å². The Kier molecular flexibility index (Phi) is 6.95. The van der Waals surface area contributed by atoms with E-state index in [1.54, 1.807) is 31.0 Å². The molecule has 1 N–H and O–H groups in total. The van der Waals surface area contributed by atoms with E-state index in [4.69, 9.17) is 27.9 Å². The van der Waals surface area contributed by atoms with Crippen molar-refractivity contribution in [1.82, 2.24) is 4.90 Å². The number of hydrogen-bond acceptors (Lipinski definition) is 4. The molecule has 0 spiro atoms. The fraction of sp³-hybridized carbons (Fsp3) is 0.429. The molecule has 0 saturated heterocycles. The van der Waals surface area contributed by atoms with Crippen molar-refractivity contribution in [1.29, 1.82) is 0 Å². The van der Waals surface area contributed by atoms with Crippen LogP contribution in [0.3, 0.4) is 0 Å². The Bertz CT molecular complexity index is 535. The summed E-state index contributed by atoms with van der Waals surface area (Å²) in [5.74, 6) is -0.685. The zero-order chi connectivity index (χ0) is 16.0. The van der Waals surface area contributed by atoms with Gasteiger partial charge in [-0.2, -0.15) is 0 Å². The molecule has 0 aliphatic heterocycles. The predicted molar refractivity (Wildman–Crippen MR) is 84.0 cm³/mol. The number of nitrogens with one attached hydrogen (secondary N) is 1. The zero-order valence-corrected chi connectivity index (χ0v) is 13.7. The largest absolute Gasteiger partial charge is 0.465 e. The molecule has 21 heavy (non-hydrogen) atoms. The van der Waals surface area contributed by atoms with Gasteiger partial charge in [0.1, 0.15) is 0 Å². The molecule has 7 heteroatoms. The maximum absolute atomic E-state index is 12.0. The second kappa shape index (κ2) is 8.22. The van der Waals surface area contributed by atoms with Crippen molar-refractivity contribution >= 4 is 40.8 Å². The summed E-state index contributed by atoms with van der Waals surface area (Å²) in [6.45, 7) is 3.93. The minimum absolute atomic E-state index is 0.0272. The zero-order valence-electron chi connectivity index (χ0n) is 12.2. The van der Waals surface area contributed by atoms with Gasteiger partial charge >= 0.3 is 5.97 Å². The van der Waals surface area contributed by atoms with Gasteiger partial charge in [-0.15, -0.1) is 0 Å². The Morgan fingerprint density at radius 2 is 1.95 bits per heavy atom. The first-order valence-corrected chi connectivity index (χ1v) is 7.19. The number of aryl methyl sites for hydroxylation is 1. The number of benzene rings is 1. The number of esters is 1. The lowest BCUT2D eigenvalue weighted by atomic mass is 10.2. The van der Waals surface area contributed by atoms with Gasteiger partial charge in [0.15, 0.2) is 0 Å². The summed E-state index contributed by atoms with van der Waals surface area (Å²) in [6, 6.07) is 3.44. The van der Waals surface area contributed by atoms with Crippen LogP contribution in [-0.2, 0) is 14.3 Å². The summed E-state index contributed by atoms with van der Waals surface area (Å²) in [5.41, 5.74) is 1.20. The van der Waals surface area contributed by atoms with Crippen LogP contribution in [0.4, 0.5) is 5.69 Å². The van der Waals surface area contributed by atoms with Gasteiger partial charge in [-0.05, 0) is 32.5 Å². The number of carbonyl (C=O) groups excluding carboxylic acids is 2. The number of halogens is 2. The lowest BCUT2D eigenvalue weighted by Gasteiger charge is -2.16. The number of amides is 1. The number of likely N-dealkylation sites (N-methyl/N-ethyl adjacent to an activating group) is 1. The Balaban J connectivity index is 2.62. The number of anilines is 1. The van der Waals surface area contributed by atoms with E-state index >= 15 is 0 Å². The molecular weight excluding hydrogens is 315 g/mol. The van der Waals surface area contributed by atoms with Gasteiger partial charge in [0.25, 0.3) is 0 Å². The molecule has 1 aromatic carbocycles. The minimum Gasteiger partial charge on any atom is -0.465 e. The number of hydrogen-bond donors (Lipinski definition) is 1. The lowest BCUT2D eigenvalue weighted by Crippen LogP contribution is -2.34. The topological polar surface area (TPSA) is 58.6 Å². The smallest absolute Gasteiger partial charge is 0.320 e. The summed E-state index contributed by atoms with van der Waals surface area (Å²) in [7, 11) is 1.65. The normalized spacial score (nSPS) is 10.6. The van der Waals surface area contributed by atoms with E-state index in [1.807, 2.05) is 6.92 Å². The first-order valence-electron chi connectivity index (χ1n) is 6.43. The van der Waals surface area contributed by atoms with Crippen LogP contribution in [0.1, 0.15) is 12.5 Å².